The van der Waals surface area contributed by atoms with Gasteiger partial charge in [-0.1, -0.05) is 34.1 Å². The maximum absolute atomic E-state index is 11.9. The Kier molecular flexibility index (Phi) is 5.45. The van der Waals surface area contributed by atoms with Gasteiger partial charge in [-0.25, -0.2) is 0 Å². The van der Waals surface area contributed by atoms with Crippen molar-refractivity contribution in [1.82, 2.24) is 10.2 Å². The van der Waals surface area contributed by atoms with Crippen molar-refractivity contribution in [2.75, 3.05) is 17.2 Å². The standard InChI is InChI=1S/C15H15BrN4O/c1-2-9-17-13-7-8-14(20-19-13)18-15(21)10-11-3-5-12(16)6-4-11/h2-8H,1,9-10H2,(H,17,19)(H,18,20,21). The number of rotatable bonds is 6. The van der Waals surface area contributed by atoms with Crippen LogP contribution < -0.4 is 10.6 Å². The van der Waals surface area contributed by atoms with Crippen LogP contribution in [-0.2, 0) is 11.2 Å². The number of halogens is 1. The minimum Gasteiger partial charge on any atom is -0.365 e. The van der Waals surface area contributed by atoms with Crippen LogP contribution in [0.1, 0.15) is 5.56 Å². The zero-order valence-corrected chi connectivity index (χ0v) is 12.9. The Morgan fingerprint density at radius 1 is 1.14 bits per heavy atom. The van der Waals surface area contributed by atoms with E-state index in [1.165, 1.54) is 0 Å². The molecule has 21 heavy (non-hydrogen) atoms. The third kappa shape index (κ3) is 5.00. The smallest absolute Gasteiger partial charge is 0.229 e. The predicted molar refractivity (Wildman–Crippen MR) is 87.2 cm³/mol. The van der Waals surface area contributed by atoms with E-state index in [-0.39, 0.29) is 5.91 Å². The molecule has 5 nitrogen and oxygen atoms in total. The molecule has 0 spiro atoms. The molecule has 2 rings (SSSR count). The topological polar surface area (TPSA) is 66.9 Å². The molecule has 0 bridgehead atoms. The molecule has 1 aromatic heterocycles. The maximum Gasteiger partial charge on any atom is 0.229 e. The molecule has 1 heterocycles. The molecule has 0 saturated carbocycles. The maximum atomic E-state index is 11.9. The number of carbonyl (C=O) groups is 1. The van der Waals surface area contributed by atoms with Crippen molar-refractivity contribution < 1.29 is 4.79 Å². The molecule has 6 heteroatoms. The van der Waals surface area contributed by atoms with Gasteiger partial charge in [-0.3, -0.25) is 4.79 Å². The molecule has 2 N–H and O–H groups in total. The molecular formula is C15H15BrN4O. The van der Waals surface area contributed by atoms with Gasteiger partial charge in [-0.15, -0.1) is 16.8 Å². The molecule has 1 amide bonds. The summed E-state index contributed by atoms with van der Waals surface area (Å²) in [5.74, 6) is 0.945. The van der Waals surface area contributed by atoms with Crippen LogP contribution in [0, 0.1) is 0 Å². The van der Waals surface area contributed by atoms with Crippen LogP contribution in [-0.4, -0.2) is 22.6 Å². The lowest BCUT2D eigenvalue weighted by Crippen LogP contribution is -2.15. The summed E-state index contributed by atoms with van der Waals surface area (Å²) in [5.41, 5.74) is 0.938. The Balaban J connectivity index is 1.90. The van der Waals surface area contributed by atoms with Crippen molar-refractivity contribution in [1.29, 1.82) is 0 Å². The van der Waals surface area contributed by atoms with Gasteiger partial charge in [-0.05, 0) is 29.8 Å². The van der Waals surface area contributed by atoms with Crippen molar-refractivity contribution in [3.8, 4) is 0 Å². The fourth-order valence-corrected chi connectivity index (χ4v) is 1.91. The average molecular weight is 347 g/mol. The molecule has 1 aromatic carbocycles. The molecule has 0 saturated heterocycles. The van der Waals surface area contributed by atoms with Crippen LogP contribution in [0.15, 0.2) is 53.5 Å². The Morgan fingerprint density at radius 3 is 2.43 bits per heavy atom. The van der Waals surface area contributed by atoms with Crippen molar-refractivity contribution in [2.45, 2.75) is 6.42 Å². The van der Waals surface area contributed by atoms with E-state index in [1.54, 1.807) is 18.2 Å². The van der Waals surface area contributed by atoms with Crippen molar-refractivity contribution in [3.63, 3.8) is 0 Å². The van der Waals surface area contributed by atoms with Gasteiger partial charge >= 0.3 is 0 Å². The van der Waals surface area contributed by atoms with Gasteiger partial charge in [0.1, 0.15) is 5.82 Å². The highest BCUT2D eigenvalue weighted by atomic mass is 79.9. The SMILES string of the molecule is C=CCNc1ccc(NC(=O)Cc2ccc(Br)cc2)nn1. The van der Waals surface area contributed by atoms with Crippen molar-refractivity contribution in [3.05, 3.63) is 59.1 Å². The van der Waals surface area contributed by atoms with E-state index in [0.717, 1.165) is 10.0 Å². The molecular weight excluding hydrogens is 332 g/mol. The van der Waals surface area contributed by atoms with E-state index in [0.29, 0.717) is 24.6 Å². The fraction of sp³-hybridized carbons (Fsp3) is 0.133. The van der Waals surface area contributed by atoms with Crippen LogP contribution in [0.4, 0.5) is 11.6 Å². The molecule has 0 radical (unpaired) electrons. The van der Waals surface area contributed by atoms with Gasteiger partial charge in [-0.2, -0.15) is 0 Å². The third-order valence-electron chi connectivity index (χ3n) is 2.64. The molecule has 0 unspecified atom stereocenters. The number of anilines is 2. The summed E-state index contributed by atoms with van der Waals surface area (Å²) in [6.07, 6.45) is 2.03. The lowest BCUT2D eigenvalue weighted by atomic mass is 10.1. The average Bonchev–Trinajstić information content (AvgIpc) is 2.49. The second-order valence-electron chi connectivity index (χ2n) is 4.32. The highest BCUT2D eigenvalue weighted by Crippen LogP contribution is 2.12. The van der Waals surface area contributed by atoms with Crippen LogP contribution >= 0.6 is 15.9 Å². The van der Waals surface area contributed by atoms with E-state index < -0.39 is 0 Å². The summed E-state index contributed by atoms with van der Waals surface area (Å²) < 4.78 is 0.986. The van der Waals surface area contributed by atoms with E-state index in [4.69, 9.17) is 0 Å². The third-order valence-corrected chi connectivity index (χ3v) is 3.17. The number of hydrogen-bond donors (Lipinski definition) is 2. The largest absolute Gasteiger partial charge is 0.365 e. The second kappa shape index (κ2) is 7.54. The fourth-order valence-electron chi connectivity index (χ4n) is 1.64. The first kappa shape index (κ1) is 15.2. The minimum absolute atomic E-state index is 0.126. The normalized spacial score (nSPS) is 9.95. The van der Waals surface area contributed by atoms with Gasteiger partial charge < -0.3 is 10.6 Å². The highest BCUT2D eigenvalue weighted by Gasteiger charge is 2.05. The van der Waals surface area contributed by atoms with Gasteiger partial charge in [0.05, 0.1) is 6.42 Å². The Hall–Kier alpha value is -2.21. The first-order chi connectivity index (χ1) is 10.2. The summed E-state index contributed by atoms with van der Waals surface area (Å²) >= 11 is 3.36. The summed E-state index contributed by atoms with van der Waals surface area (Å²) in [7, 11) is 0. The van der Waals surface area contributed by atoms with Crippen molar-refractivity contribution in [2.24, 2.45) is 0 Å². The molecule has 0 fully saturated rings. The van der Waals surface area contributed by atoms with Gasteiger partial charge in [0.2, 0.25) is 5.91 Å². The zero-order valence-electron chi connectivity index (χ0n) is 11.3. The number of aromatic nitrogens is 2. The van der Waals surface area contributed by atoms with Crippen LogP contribution in [0.5, 0.6) is 0 Å². The number of nitrogens with zero attached hydrogens (tertiary/aromatic N) is 2. The minimum atomic E-state index is -0.126. The summed E-state index contributed by atoms with van der Waals surface area (Å²) in [4.78, 5) is 11.9. The van der Waals surface area contributed by atoms with Gasteiger partial charge in [0, 0.05) is 11.0 Å². The second-order valence-corrected chi connectivity index (χ2v) is 5.24. The van der Waals surface area contributed by atoms with Crippen molar-refractivity contribution >= 4 is 33.5 Å². The van der Waals surface area contributed by atoms with E-state index >= 15 is 0 Å². The Bertz CT molecular complexity index is 611. The van der Waals surface area contributed by atoms with Gasteiger partial charge in [0.15, 0.2) is 5.82 Å². The molecule has 0 aliphatic carbocycles. The van der Waals surface area contributed by atoms with E-state index in [9.17, 15) is 4.79 Å². The molecule has 0 atom stereocenters. The molecule has 0 aliphatic rings. The van der Waals surface area contributed by atoms with Crippen LogP contribution in [0.2, 0.25) is 0 Å². The number of benzene rings is 1. The number of hydrogen-bond acceptors (Lipinski definition) is 4. The Morgan fingerprint density at radius 2 is 1.81 bits per heavy atom. The zero-order chi connectivity index (χ0) is 15.1. The lowest BCUT2D eigenvalue weighted by molar-refractivity contribution is -0.115. The van der Waals surface area contributed by atoms with Crippen LogP contribution in [0.25, 0.3) is 0 Å². The first-order valence-electron chi connectivity index (χ1n) is 6.40. The molecule has 2 aromatic rings. The number of carbonyl (C=O) groups excluding carboxylic acids is 1. The summed E-state index contributed by atoms with van der Waals surface area (Å²) in [6.45, 7) is 4.22. The molecule has 0 aliphatic heterocycles. The predicted octanol–water partition coefficient (Wildman–Crippen LogP) is 3.02. The number of nitrogens with one attached hydrogen (secondary N) is 2. The van der Waals surface area contributed by atoms with E-state index in [1.807, 2.05) is 24.3 Å². The Labute approximate surface area is 131 Å². The summed E-state index contributed by atoms with van der Waals surface area (Å²) in [6, 6.07) is 11.1. The monoisotopic (exact) mass is 346 g/mol. The first-order valence-corrected chi connectivity index (χ1v) is 7.19. The summed E-state index contributed by atoms with van der Waals surface area (Å²) in [5, 5.41) is 13.6. The highest BCUT2D eigenvalue weighted by molar-refractivity contribution is 9.10. The van der Waals surface area contributed by atoms with Gasteiger partial charge in [0.25, 0.3) is 0 Å². The van der Waals surface area contributed by atoms with E-state index in [2.05, 4.69) is 43.3 Å². The molecule has 108 valence electrons. The van der Waals surface area contributed by atoms with Crippen LogP contribution in [0.3, 0.4) is 0 Å². The number of amides is 1. The lowest BCUT2D eigenvalue weighted by Gasteiger charge is -2.05. The quantitative estimate of drug-likeness (QED) is 0.789.